The molecule has 0 fully saturated rings. The van der Waals surface area contributed by atoms with Gasteiger partial charge in [0, 0.05) is 12.6 Å². The van der Waals surface area contributed by atoms with E-state index in [0.717, 1.165) is 15.0 Å². The molecule has 2 aromatic rings. The zero-order valence-corrected chi connectivity index (χ0v) is 13.7. The molecule has 3 rings (SSSR count). The zero-order valence-electron chi connectivity index (χ0n) is 10.5. The number of thiophene rings is 1. The Morgan fingerprint density at radius 3 is 2.70 bits per heavy atom. The van der Waals surface area contributed by atoms with Gasteiger partial charge in [-0.2, -0.15) is 0 Å². The van der Waals surface area contributed by atoms with Crippen molar-refractivity contribution in [3.8, 4) is 0 Å². The Bertz CT molecular complexity index is 742. The average molecular weight is 373 g/mol. The molecule has 4 nitrogen and oxygen atoms in total. The smallest absolute Gasteiger partial charge is 0.273 e. The number of rotatable bonds is 2. The van der Waals surface area contributed by atoms with Crippen LogP contribution in [0.25, 0.3) is 0 Å². The third kappa shape index (κ3) is 2.39. The number of nitrogens with zero attached hydrogens (tertiary/aromatic N) is 1. The molecule has 1 unspecified atom stereocenters. The summed E-state index contributed by atoms with van der Waals surface area (Å²) in [7, 11) is -3.55. The zero-order chi connectivity index (χ0) is 14.3. The number of fused-ring (bicyclic) bond motifs is 1. The normalized spacial score (nSPS) is 18.9. The van der Waals surface area contributed by atoms with Crippen LogP contribution < -0.4 is 10.0 Å². The van der Waals surface area contributed by atoms with Gasteiger partial charge in [0.15, 0.2) is 0 Å². The maximum Gasteiger partial charge on any atom is 0.273 e. The molecule has 0 saturated heterocycles. The molecule has 0 saturated carbocycles. The highest BCUT2D eigenvalue weighted by atomic mass is 79.9. The van der Waals surface area contributed by atoms with Crippen molar-refractivity contribution in [1.82, 2.24) is 0 Å². The summed E-state index contributed by atoms with van der Waals surface area (Å²) in [5.74, 6) is 0. The second-order valence-corrected chi connectivity index (χ2v) is 9.24. The van der Waals surface area contributed by atoms with Crippen molar-refractivity contribution in [3.05, 3.63) is 45.7 Å². The lowest BCUT2D eigenvalue weighted by Crippen LogP contribution is -2.45. The summed E-state index contributed by atoms with van der Waals surface area (Å²) < 4.78 is 28.1. The Hall–Kier alpha value is -0.890. The van der Waals surface area contributed by atoms with E-state index >= 15 is 0 Å². The molecule has 1 aliphatic rings. The van der Waals surface area contributed by atoms with E-state index < -0.39 is 10.0 Å². The lowest BCUT2D eigenvalue weighted by Gasteiger charge is -2.33. The van der Waals surface area contributed by atoms with Gasteiger partial charge >= 0.3 is 0 Å². The Morgan fingerprint density at radius 2 is 2.00 bits per heavy atom. The molecule has 0 aliphatic carbocycles. The fourth-order valence-electron chi connectivity index (χ4n) is 2.36. The molecule has 0 bridgehead atoms. The molecule has 0 amide bonds. The summed E-state index contributed by atoms with van der Waals surface area (Å²) in [5.41, 5.74) is 7.72. The lowest BCUT2D eigenvalue weighted by molar-refractivity contribution is 0.577. The number of para-hydroxylation sites is 1. The largest absolute Gasteiger partial charge is 0.326 e. The van der Waals surface area contributed by atoms with E-state index in [4.69, 9.17) is 5.73 Å². The highest BCUT2D eigenvalue weighted by Gasteiger charge is 2.32. The predicted octanol–water partition coefficient (Wildman–Crippen LogP) is 2.59. The molecule has 106 valence electrons. The van der Waals surface area contributed by atoms with Gasteiger partial charge < -0.3 is 5.73 Å². The Morgan fingerprint density at radius 1 is 1.25 bits per heavy atom. The number of halogens is 1. The summed E-state index contributed by atoms with van der Waals surface area (Å²) in [6.07, 6.45) is 0.705. The van der Waals surface area contributed by atoms with Crippen LogP contribution in [0.1, 0.15) is 5.56 Å². The number of anilines is 1. The van der Waals surface area contributed by atoms with E-state index in [1.54, 1.807) is 12.1 Å². The summed E-state index contributed by atoms with van der Waals surface area (Å²) >= 11 is 4.51. The first kappa shape index (κ1) is 14.1. The Balaban J connectivity index is 2.10. The number of nitrogens with two attached hydrogens (primary N) is 1. The van der Waals surface area contributed by atoms with Gasteiger partial charge in [0.2, 0.25) is 0 Å². The maximum atomic E-state index is 12.8. The van der Waals surface area contributed by atoms with Crippen LogP contribution in [-0.2, 0) is 16.4 Å². The minimum Gasteiger partial charge on any atom is -0.326 e. The highest BCUT2D eigenvalue weighted by Crippen LogP contribution is 2.34. The summed E-state index contributed by atoms with van der Waals surface area (Å²) in [5, 5.41) is 0. The van der Waals surface area contributed by atoms with Crippen LogP contribution in [0.15, 0.2) is 44.4 Å². The van der Waals surface area contributed by atoms with Crippen LogP contribution in [0.3, 0.4) is 0 Å². The van der Waals surface area contributed by atoms with Gasteiger partial charge in [-0.1, -0.05) is 18.2 Å². The molecule has 1 atom stereocenters. The molecular formula is C13H13BrN2O2S2. The Kier molecular flexibility index (Phi) is 3.62. The van der Waals surface area contributed by atoms with Crippen molar-refractivity contribution in [1.29, 1.82) is 0 Å². The van der Waals surface area contributed by atoms with Crippen LogP contribution >= 0.6 is 27.3 Å². The molecular weight excluding hydrogens is 360 g/mol. The van der Waals surface area contributed by atoms with E-state index in [2.05, 4.69) is 15.9 Å². The van der Waals surface area contributed by atoms with Gasteiger partial charge in [-0.3, -0.25) is 4.31 Å². The molecule has 1 aromatic carbocycles. The standard InChI is InChI=1S/C13H13BrN2O2S2/c14-12-5-6-13(19-12)20(17,18)16-8-10(15)7-9-3-1-2-4-11(9)16/h1-6,10H,7-8,15H2. The van der Waals surface area contributed by atoms with Crippen molar-refractivity contribution in [3.63, 3.8) is 0 Å². The summed E-state index contributed by atoms with van der Waals surface area (Å²) in [4.78, 5) is 0. The van der Waals surface area contributed by atoms with Gasteiger partial charge in [0.25, 0.3) is 10.0 Å². The van der Waals surface area contributed by atoms with Crippen LogP contribution in [0.5, 0.6) is 0 Å². The number of benzene rings is 1. The molecule has 2 N–H and O–H groups in total. The number of sulfonamides is 1. The Labute approximate surface area is 130 Å². The van der Waals surface area contributed by atoms with E-state index in [1.807, 2.05) is 24.3 Å². The molecule has 1 aliphatic heterocycles. The summed E-state index contributed by atoms with van der Waals surface area (Å²) in [6, 6.07) is 10.7. The topological polar surface area (TPSA) is 63.4 Å². The van der Waals surface area contributed by atoms with E-state index in [9.17, 15) is 8.42 Å². The molecule has 0 radical (unpaired) electrons. The number of hydrogen-bond acceptors (Lipinski definition) is 4. The lowest BCUT2D eigenvalue weighted by atomic mass is 10.0. The minimum absolute atomic E-state index is 0.178. The van der Waals surface area contributed by atoms with Crippen molar-refractivity contribution in [2.24, 2.45) is 5.73 Å². The van der Waals surface area contributed by atoms with Gasteiger partial charge in [-0.05, 0) is 46.1 Å². The van der Waals surface area contributed by atoms with E-state index in [0.29, 0.717) is 17.2 Å². The molecule has 20 heavy (non-hydrogen) atoms. The van der Waals surface area contributed by atoms with Crippen LogP contribution in [-0.4, -0.2) is 21.0 Å². The first-order valence-electron chi connectivity index (χ1n) is 6.10. The van der Waals surface area contributed by atoms with Gasteiger partial charge in [-0.25, -0.2) is 8.42 Å². The van der Waals surface area contributed by atoms with E-state index in [-0.39, 0.29) is 6.04 Å². The van der Waals surface area contributed by atoms with Crippen molar-refractivity contribution in [2.45, 2.75) is 16.7 Å². The first-order chi connectivity index (χ1) is 9.48. The third-order valence-electron chi connectivity index (χ3n) is 3.24. The highest BCUT2D eigenvalue weighted by molar-refractivity contribution is 9.11. The SMILES string of the molecule is NC1Cc2ccccc2N(S(=O)(=O)c2ccc(Br)s2)C1. The van der Waals surface area contributed by atoms with Crippen LogP contribution in [0.4, 0.5) is 5.69 Å². The first-order valence-corrected chi connectivity index (χ1v) is 9.15. The second kappa shape index (κ2) is 5.14. The van der Waals surface area contributed by atoms with Gasteiger partial charge in [0.1, 0.15) is 4.21 Å². The van der Waals surface area contributed by atoms with E-state index in [1.165, 1.54) is 15.6 Å². The predicted molar refractivity (Wildman–Crippen MR) is 84.7 cm³/mol. The van der Waals surface area contributed by atoms with Crippen LogP contribution in [0.2, 0.25) is 0 Å². The molecule has 0 spiro atoms. The van der Waals surface area contributed by atoms with Gasteiger partial charge in [0.05, 0.1) is 9.47 Å². The van der Waals surface area contributed by atoms with Crippen molar-refractivity contribution >= 4 is 43.0 Å². The van der Waals surface area contributed by atoms with Crippen molar-refractivity contribution < 1.29 is 8.42 Å². The quantitative estimate of drug-likeness (QED) is 0.880. The minimum atomic E-state index is -3.55. The fraction of sp³-hybridized carbons (Fsp3) is 0.231. The third-order valence-corrected chi connectivity index (χ3v) is 7.11. The average Bonchev–Trinajstić information content (AvgIpc) is 2.85. The van der Waals surface area contributed by atoms with Crippen LogP contribution in [0, 0.1) is 0 Å². The van der Waals surface area contributed by atoms with Crippen molar-refractivity contribution in [2.75, 3.05) is 10.8 Å². The molecule has 1 aromatic heterocycles. The number of hydrogen-bond donors (Lipinski definition) is 1. The molecule has 7 heteroatoms. The van der Waals surface area contributed by atoms with Gasteiger partial charge in [-0.15, -0.1) is 11.3 Å². The summed E-state index contributed by atoms with van der Waals surface area (Å²) in [6.45, 7) is 0.314. The monoisotopic (exact) mass is 372 g/mol. The maximum absolute atomic E-state index is 12.8. The molecule has 2 heterocycles. The second-order valence-electron chi connectivity index (χ2n) is 4.69. The fourth-order valence-corrected chi connectivity index (χ4v) is 6.04.